The van der Waals surface area contributed by atoms with Gasteiger partial charge in [-0.3, -0.25) is 14.4 Å². The SMILES string of the molecule is C[C@@H]1[C@H](C)CCC[C@@H]1NC(=O)[C@@H]1N(Cc2ccccc2)C(=O)[C@@H]2[C@@H](C(=O)Nc3cccc(Cl)c3)[C@@H]3C=C[C@]21O3. The maximum atomic E-state index is 14.2. The van der Waals surface area contributed by atoms with Gasteiger partial charge in [0.25, 0.3) is 0 Å². The maximum Gasteiger partial charge on any atom is 0.246 e. The Kier molecular flexibility index (Phi) is 6.76. The summed E-state index contributed by atoms with van der Waals surface area (Å²) < 4.78 is 6.47. The molecule has 2 N–H and O–H groups in total. The van der Waals surface area contributed by atoms with E-state index in [0.717, 1.165) is 24.8 Å². The van der Waals surface area contributed by atoms with Crippen molar-refractivity contribution in [2.75, 3.05) is 5.32 Å². The first-order chi connectivity index (χ1) is 18.8. The Morgan fingerprint density at radius 1 is 1.08 bits per heavy atom. The summed E-state index contributed by atoms with van der Waals surface area (Å²) in [6.07, 6.45) is 6.23. The molecule has 3 heterocycles. The van der Waals surface area contributed by atoms with Gasteiger partial charge < -0.3 is 20.3 Å². The van der Waals surface area contributed by atoms with Gasteiger partial charge in [0.15, 0.2) is 0 Å². The second-order valence-electron chi connectivity index (χ2n) is 11.5. The first kappa shape index (κ1) is 26.1. The van der Waals surface area contributed by atoms with Crippen molar-refractivity contribution in [1.29, 1.82) is 0 Å². The van der Waals surface area contributed by atoms with Crippen LogP contribution in [0.3, 0.4) is 0 Å². The Morgan fingerprint density at radius 3 is 2.64 bits per heavy atom. The number of nitrogens with one attached hydrogen (secondary N) is 2. The number of carbonyl (C=O) groups is 3. The lowest BCUT2D eigenvalue weighted by molar-refractivity contribution is -0.142. The molecular formula is C31H34ClN3O4. The summed E-state index contributed by atoms with van der Waals surface area (Å²) in [5.74, 6) is -1.47. The van der Waals surface area contributed by atoms with Crippen LogP contribution in [0.25, 0.3) is 0 Å². The molecule has 2 saturated heterocycles. The average molecular weight is 548 g/mol. The van der Waals surface area contributed by atoms with Gasteiger partial charge in [-0.15, -0.1) is 0 Å². The fourth-order valence-electron chi connectivity index (χ4n) is 7.06. The van der Waals surface area contributed by atoms with Crippen LogP contribution in [0.5, 0.6) is 0 Å². The second kappa shape index (κ2) is 10.1. The number of nitrogens with zero attached hydrogens (tertiary/aromatic N) is 1. The van der Waals surface area contributed by atoms with E-state index in [0.29, 0.717) is 22.5 Å². The quantitative estimate of drug-likeness (QED) is 0.519. The van der Waals surface area contributed by atoms with E-state index in [1.165, 1.54) is 0 Å². The van der Waals surface area contributed by atoms with Crippen molar-refractivity contribution in [3.63, 3.8) is 0 Å². The molecule has 8 atom stereocenters. The molecule has 1 spiro atoms. The molecule has 8 heteroatoms. The standard InChI is InChI=1S/C31H34ClN3O4/c1-18-8-6-13-23(19(18)2)34-29(37)27-31-15-14-24(39-31)25(28(36)33-22-12-7-11-21(32)16-22)26(31)30(38)35(27)17-20-9-4-3-5-10-20/h3-5,7,9-12,14-16,18-19,23-27H,6,8,13,17H2,1-2H3,(H,33,36)(H,34,37)/t18-,19-,23+,24+,25+,26+,27+,31+/m1/s1. The highest BCUT2D eigenvalue weighted by Gasteiger charge is 2.72. The third-order valence-corrected chi connectivity index (χ3v) is 9.48. The van der Waals surface area contributed by atoms with Gasteiger partial charge in [-0.1, -0.05) is 86.8 Å². The molecule has 3 fully saturated rings. The van der Waals surface area contributed by atoms with Crippen LogP contribution in [0.2, 0.25) is 5.02 Å². The predicted octanol–water partition coefficient (Wildman–Crippen LogP) is 4.57. The van der Waals surface area contributed by atoms with Gasteiger partial charge in [0.05, 0.1) is 17.9 Å². The Balaban J connectivity index is 1.33. The average Bonchev–Trinajstić information content (AvgIpc) is 3.55. The van der Waals surface area contributed by atoms with Crippen molar-refractivity contribution < 1.29 is 19.1 Å². The van der Waals surface area contributed by atoms with Gasteiger partial charge in [-0.2, -0.15) is 0 Å². The van der Waals surface area contributed by atoms with Crippen LogP contribution in [0.4, 0.5) is 5.69 Å². The predicted molar refractivity (Wildman–Crippen MR) is 149 cm³/mol. The third-order valence-electron chi connectivity index (χ3n) is 9.25. The molecule has 204 valence electrons. The van der Waals surface area contributed by atoms with Crippen LogP contribution in [-0.2, 0) is 25.7 Å². The van der Waals surface area contributed by atoms with E-state index in [2.05, 4.69) is 24.5 Å². The zero-order valence-electron chi connectivity index (χ0n) is 22.2. The summed E-state index contributed by atoms with van der Waals surface area (Å²) in [6.45, 7) is 4.67. The molecule has 6 rings (SSSR count). The van der Waals surface area contributed by atoms with Crippen molar-refractivity contribution in [3.05, 3.63) is 77.3 Å². The lowest BCUT2D eigenvalue weighted by Gasteiger charge is -2.38. The first-order valence-electron chi connectivity index (χ1n) is 13.9. The number of anilines is 1. The molecule has 2 bridgehead atoms. The van der Waals surface area contributed by atoms with E-state index in [1.54, 1.807) is 29.2 Å². The minimum atomic E-state index is -1.19. The number of rotatable bonds is 6. The van der Waals surface area contributed by atoms with Crippen LogP contribution in [0.1, 0.15) is 38.7 Å². The maximum absolute atomic E-state index is 14.2. The van der Waals surface area contributed by atoms with Gasteiger partial charge in [0.2, 0.25) is 17.7 Å². The molecule has 3 amide bonds. The molecule has 3 aliphatic heterocycles. The summed E-state index contributed by atoms with van der Waals surface area (Å²) in [6, 6.07) is 15.7. The van der Waals surface area contributed by atoms with E-state index in [1.807, 2.05) is 42.5 Å². The van der Waals surface area contributed by atoms with Crippen LogP contribution < -0.4 is 10.6 Å². The van der Waals surface area contributed by atoms with Crippen LogP contribution in [-0.4, -0.2) is 46.4 Å². The summed E-state index contributed by atoms with van der Waals surface area (Å²) in [5, 5.41) is 6.71. The number of halogens is 1. The molecule has 2 aromatic rings. The normalized spacial score (nSPS) is 34.7. The highest BCUT2D eigenvalue weighted by atomic mass is 35.5. The molecule has 0 aromatic heterocycles. The number of likely N-dealkylation sites (tertiary alicyclic amines) is 1. The summed E-state index contributed by atoms with van der Waals surface area (Å²) in [5.41, 5.74) is 0.272. The van der Waals surface area contributed by atoms with Crippen LogP contribution in [0, 0.1) is 23.7 Å². The lowest BCUT2D eigenvalue weighted by atomic mass is 9.73. The van der Waals surface area contributed by atoms with E-state index in [-0.39, 0.29) is 30.3 Å². The molecule has 0 radical (unpaired) electrons. The van der Waals surface area contributed by atoms with Crippen LogP contribution >= 0.6 is 11.6 Å². The number of amides is 3. The van der Waals surface area contributed by atoms with Crippen LogP contribution in [0.15, 0.2) is 66.7 Å². The van der Waals surface area contributed by atoms with Gasteiger partial charge in [0, 0.05) is 23.3 Å². The molecule has 4 aliphatic rings. The van der Waals surface area contributed by atoms with E-state index >= 15 is 0 Å². The van der Waals surface area contributed by atoms with Gasteiger partial charge in [-0.25, -0.2) is 0 Å². The highest BCUT2D eigenvalue weighted by Crippen LogP contribution is 2.55. The summed E-state index contributed by atoms with van der Waals surface area (Å²) in [4.78, 5) is 43.5. The van der Waals surface area contributed by atoms with Crippen molar-refractivity contribution >= 4 is 35.0 Å². The number of hydrogen-bond donors (Lipinski definition) is 2. The zero-order chi connectivity index (χ0) is 27.3. The number of ether oxygens (including phenoxy) is 1. The Hall–Kier alpha value is -3.16. The molecule has 0 unspecified atom stereocenters. The summed E-state index contributed by atoms with van der Waals surface area (Å²) in [7, 11) is 0. The molecular weight excluding hydrogens is 514 g/mol. The Morgan fingerprint density at radius 2 is 1.87 bits per heavy atom. The smallest absolute Gasteiger partial charge is 0.246 e. The second-order valence-corrected chi connectivity index (χ2v) is 12.0. The summed E-state index contributed by atoms with van der Waals surface area (Å²) >= 11 is 6.12. The molecule has 1 aliphatic carbocycles. The number of fused-ring (bicyclic) bond motifs is 1. The van der Waals surface area contributed by atoms with Crippen molar-refractivity contribution in [2.24, 2.45) is 23.7 Å². The fraction of sp³-hybridized carbons (Fsp3) is 0.452. The zero-order valence-corrected chi connectivity index (χ0v) is 22.9. The molecule has 2 aromatic carbocycles. The number of benzene rings is 2. The van der Waals surface area contributed by atoms with Gasteiger partial charge in [-0.05, 0) is 42.0 Å². The number of hydrogen-bond acceptors (Lipinski definition) is 4. The van der Waals surface area contributed by atoms with Crippen molar-refractivity contribution in [2.45, 2.75) is 63.4 Å². The lowest BCUT2D eigenvalue weighted by Crippen LogP contribution is -2.57. The monoisotopic (exact) mass is 547 g/mol. The minimum absolute atomic E-state index is 0.0369. The largest absolute Gasteiger partial charge is 0.359 e. The Labute approximate surface area is 233 Å². The topological polar surface area (TPSA) is 87.7 Å². The number of carbonyl (C=O) groups excluding carboxylic acids is 3. The minimum Gasteiger partial charge on any atom is -0.359 e. The van der Waals surface area contributed by atoms with E-state index < -0.39 is 29.6 Å². The van der Waals surface area contributed by atoms with Crippen molar-refractivity contribution in [3.8, 4) is 0 Å². The third kappa shape index (κ3) is 4.45. The Bertz CT molecular complexity index is 1320. The van der Waals surface area contributed by atoms with E-state index in [9.17, 15) is 14.4 Å². The highest BCUT2D eigenvalue weighted by molar-refractivity contribution is 6.30. The first-order valence-corrected chi connectivity index (χ1v) is 14.2. The molecule has 39 heavy (non-hydrogen) atoms. The van der Waals surface area contributed by atoms with Crippen molar-refractivity contribution in [1.82, 2.24) is 10.2 Å². The molecule has 7 nitrogen and oxygen atoms in total. The van der Waals surface area contributed by atoms with E-state index in [4.69, 9.17) is 16.3 Å². The fourth-order valence-corrected chi connectivity index (χ4v) is 7.25. The molecule has 1 saturated carbocycles. The van der Waals surface area contributed by atoms with Gasteiger partial charge in [0.1, 0.15) is 11.6 Å². The van der Waals surface area contributed by atoms with Gasteiger partial charge >= 0.3 is 0 Å².